The van der Waals surface area contributed by atoms with Gasteiger partial charge in [0.05, 0.1) is 0 Å². The van der Waals surface area contributed by atoms with Gasteiger partial charge in [-0.25, -0.2) is 4.39 Å². The summed E-state index contributed by atoms with van der Waals surface area (Å²) in [6.45, 7) is 0.224. The number of anilines is 1. The highest BCUT2D eigenvalue weighted by molar-refractivity contribution is 6.31. The van der Waals surface area contributed by atoms with Crippen molar-refractivity contribution in [3.63, 3.8) is 0 Å². The zero-order valence-electron chi connectivity index (χ0n) is 15.2. The molecule has 0 unspecified atom stereocenters. The van der Waals surface area contributed by atoms with Gasteiger partial charge in [-0.1, -0.05) is 48.0 Å². The molecule has 3 aromatic rings. The second-order valence-electron chi connectivity index (χ2n) is 6.09. The van der Waals surface area contributed by atoms with Gasteiger partial charge in [-0.2, -0.15) is 5.26 Å². The van der Waals surface area contributed by atoms with Crippen molar-refractivity contribution >= 4 is 29.3 Å². The van der Waals surface area contributed by atoms with Gasteiger partial charge in [0, 0.05) is 16.3 Å². The summed E-state index contributed by atoms with van der Waals surface area (Å²) < 4.78 is 18.8. The van der Waals surface area contributed by atoms with Gasteiger partial charge in [-0.15, -0.1) is 0 Å². The van der Waals surface area contributed by atoms with Crippen LogP contribution in [0, 0.1) is 17.1 Å². The van der Waals surface area contributed by atoms with Gasteiger partial charge in [0.25, 0.3) is 5.91 Å². The fraction of sp³-hybridized carbons (Fsp3) is 0.0435. The number of rotatable bonds is 6. The van der Waals surface area contributed by atoms with Crippen molar-refractivity contribution in [2.75, 3.05) is 5.32 Å². The standard InChI is InChI=1S/C23H16ClFN2O2/c24-19-5-3-6-21(13-19)27-23(28)18(14-26)12-17-4-1-2-7-22(17)29-15-16-8-10-20(25)11-9-16/h1-13H,15H2,(H,27,28)/b18-12+. The summed E-state index contributed by atoms with van der Waals surface area (Å²) in [6.07, 6.45) is 1.46. The number of carbonyl (C=O) groups excluding carboxylic acids is 1. The molecule has 0 saturated heterocycles. The normalized spacial score (nSPS) is 10.9. The Kier molecular flexibility index (Phi) is 6.62. The van der Waals surface area contributed by atoms with Crippen LogP contribution in [0.4, 0.5) is 10.1 Å². The number of hydrogen-bond acceptors (Lipinski definition) is 3. The van der Waals surface area contributed by atoms with Crippen molar-refractivity contribution in [2.24, 2.45) is 0 Å². The Morgan fingerprint density at radius 2 is 1.86 bits per heavy atom. The van der Waals surface area contributed by atoms with E-state index in [0.717, 1.165) is 5.56 Å². The Labute approximate surface area is 172 Å². The van der Waals surface area contributed by atoms with Gasteiger partial charge in [-0.3, -0.25) is 4.79 Å². The van der Waals surface area contributed by atoms with Gasteiger partial charge in [0.15, 0.2) is 0 Å². The first-order chi connectivity index (χ1) is 14.0. The fourth-order valence-electron chi connectivity index (χ4n) is 2.54. The summed E-state index contributed by atoms with van der Waals surface area (Å²) >= 11 is 5.92. The SMILES string of the molecule is N#C/C(=C\c1ccccc1OCc1ccc(F)cc1)C(=O)Nc1cccc(Cl)c1. The first kappa shape index (κ1) is 20.1. The van der Waals surface area contributed by atoms with E-state index in [1.54, 1.807) is 60.7 Å². The first-order valence-electron chi connectivity index (χ1n) is 8.70. The summed E-state index contributed by atoms with van der Waals surface area (Å²) in [5.74, 6) is -0.371. The van der Waals surface area contributed by atoms with Crippen molar-refractivity contribution in [1.29, 1.82) is 5.26 Å². The molecular weight excluding hydrogens is 391 g/mol. The third-order valence-corrected chi connectivity index (χ3v) is 4.21. The van der Waals surface area contributed by atoms with Crippen molar-refractivity contribution in [2.45, 2.75) is 6.61 Å². The van der Waals surface area contributed by atoms with Gasteiger partial charge >= 0.3 is 0 Å². The average molecular weight is 407 g/mol. The quantitative estimate of drug-likeness (QED) is 0.428. The number of nitrogens with zero attached hydrogens (tertiary/aromatic N) is 1. The number of hydrogen-bond donors (Lipinski definition) is 1. The lowest BCUT2D eigenvalue weighted by molar-refractivity contribution is -0.112. The van der Waals surface area contributed by atoms with E-state index in [0.29, 0.717) is 22.0 Å². The molecule has 144 valence electrons. The molecule has 0 saturated carbocycles. The molecule has 1 amide bonds. The lowest BCUT2D eigenvalue weighted by atomic mass is 10.1. The number of nitriles is 1. The molecule has 0 aromatic heterocycles. The van der Waals surface area contributed by atoms with Crippen molar-refractivity contribution < 1.29 is 13.9 Å². The summed E-state index contributed by atoms with van der Waals surface area (Å²) in [5.41, 5.74) is 1.78. The molecule has 3 aromatic carbocycles. The van der Waals surface area contributed by atoms with E-state index in [9.17, 15) is 14.4 Å². The number of amides is 1. The number of ether oxygens (including phenoxy) is 1. The van der Waals surface area contributed by atoms with Crippen LogP contribution in [-0.4, -0.2) is 5.91 Å². The second kappa shape index (κ2) is 9.54. The van der Waals surface area contributed by atoms with Crippen molar-refractivity contribution in [1.82, 2.24) is 0 Å². The van der Waals surface area contributed by atoms with E-state index in [-0.39, 0.29) is 18.0 Å². The number of carbonyl (C=O) groups is 1. The van der Waals surface area contributed by atoms with Crippen LogP contribution in [0.25, 0.3) is 6.08 Å². The third kappa shape index (κ3) is 5.68. The molecular formula is C23H16ClFN2O2. The Morgan fingerprint density at radius 1 is 1.10 bits per heavy atom. The van der Waals surface area contributed by atoms with Crippen LogP contribution in [0.1, 0.15) is 11.1 Å². The second-order valence-corrected chi connectivity index (χ2v) is 6.52. The maximum absolute atomic E-state index is 13.0. The lowest BCUT2D eigenvalue weighted by Crippen LogP contribution is -2.13. The van der Waals surface area contributed by atoms with E-state index < -0.39 is 5.91 Å². The largest absolute Gasteiger partial charge is 0.488 e. The molecule has 0 bridgehead atoms. The third-order valence-electron chi connectivity index (χ3n) is 3.97. The average Bonchev–Trinajstić information content (AvgIpc) is 2.72. The summed E-state index contributed by atoms with van der Waals surface area (Å²) in [7, 11) is 0. The van der Waals surface area contributed by atoms with Gasteiger partial charge < -0.3 is 10.1 Å². The highest BCUT2D eigenvalue weighted by atomic mass is 35.5. The van der Waals surface area contributed by atoms with Crippen molar-refractivity contribution in [3.05, 3.63) is 100 Å². The zero-order valence-corrected chi connectivity index (χ0v) is 16.0. The minimum Gasteiger partial charge on any atom is -0.488 e. The van der Waals surface area contributed by atoms with Crippen LogP contribution >= 0.6 is 11.6 Å². The Morgan fingerprint density at radius 3 is 2.59 bits per heavy atom. The highest BCUT2D eigenvalue weighted by Crippen LogP contribution is 2.23. The van der Waals surface area contributed by atoms with E-state index >= 15 is 0 Å². The van der Waals surface area contributed by atoms with E-state index in [1.165, 1.54) is 18.2 Å². The fourth-order valence-corrected chi connectivity index (χ4v) is 2.73. The molecule has 6 heteroatoms. The summed E-state index contributed by atoms with van der Waals surface area (Å²) in [6, 6.07) is 21.6. The molecule has 0 radical (unpaired) electrons. The van der Waals surface area contributed by atoms with E-state index in [1.807, 2.05) is 6.07 Å². The minimum atomic E-state index is -0.553. The Hall–Kier alpha value is -3.62. The van der Waals surface area contributed by atoms with E-state index in [4.69, 9.17) is 16.3 Å². The topological polar surface area (TPSA) is 62.1 Å². The monoisotopic (exact) mass is 406 g/mol. The smallest absolute Gasteiger partial charge is 0.266 e. The Bertz CT molecular complexity index is 1090. The molecule has 1 N–H and O–H groups in total. The molecule has 0 atom stereocenters. The zero-order chi connectivity index (χ0) is 20.6. The van der Waals surface area contributed by atoms with Crippen molar-refractivity contribution in [3.8, 4) is 11.8 Å². The maximum Gasteiger partial charge on any atom is 0.266 e. The van der Waals surface area contributed by atoms with Crippen LogP contribution in [0.2, 0.25) is 5.02 Å². The van der Waals surface area contributed by atoms with Gasteiger partial charge in [-0.05, 0) is 48.0 Å². The number of halogens is 2. The maximum atomic E-state index is 13.0. The minimum absolute atomic E-state index is 0.0807. The number of nitrogens with one attached hydrogen (secondary N) is 1. The molecule has 0 aliphatic rings. The molecule has 0 spiro atoms. The first-order valence-corrected chi connectivity index (χ1v) is 9.08. The van der Waals surface area contributed by atoms with Gasteiger partial charge in [0.1, 0.15) is 29.8 Å². The molecule has 0 aliphatic heterocycles. The predicted octanol–water partition coefficient (Wildman–Crippen LogP) is 5.60. The van der Waals surface area contributed by atoms with Gasteiger partial charge in [0.2, 0.25) is 0 Å². The Balaban J connectivity index is 1.77. The molecule has 29 heavy (non-hydrogen) atoms. The predicted molar refractivity (Wildman–Crippen MR) is 111 cm³/mol. The van der Waals surface area contributed by atoms with E-state index in [2.05, 4.69) is 5.32 Å². The lowest BCUT2D eigenvalue weighted by Gasteiger charge is -2.10. The molecule has 3 rings (SSSR count). The number of benzene rings is 3. The summed E-state index contributed by atoms with van der Waals surface area (Å²) in [4.78, 5) is 12.5. The molecule has 4 nitrogen and oxygen atoms in total. The van der Waals surface area contributed by atoms with Crippen LogP contribution in [-0.2, 0) is 11.4 Å². The molecule has 0 heterocycles. The highest BCUT2D eigenvalue weighted by Gasteiger charge is 2.11. The van der Waals surface area contributed by atoms with Crippen LogP contribution in [0.15, 0.2) is 78.4 Å². The molecule has 0 fully saturated rings. The number of para-hydroxylation sites is 1. The van der Waals surface area contributed by atoms with Crippen LogP contribution < -0.4 is 10.1 Å². The van der Waals surface area contributed by atoms with Crippen LogP contribution in [0.5, 0.6) is 5.75 Å². The van der Waals surface area contributed by atoms with Crippen LogP contribution in [0.3, 0.4) is 0 Å². The summed E-state index contributed by atoms with van der Waals surface area (Å²) in [5, 5.41) is 12.6. The molecule has 0 aliphatic carbocycles.